The lowest BCUT2D eigenvalue weighted by molar-refractivity contribution is -0.384. The summed E-state index contributed by atoms with van der Waals surface area (Å²) in [6.45, 7) is 0. The van der Waals surface area contributed by atoms with Gasteiger partial charge in [0.25, 0.3) is 11.6 Å². The second-order valence-electron chi connectivity index (χ2n) is 9.57. The van der Waals surface area contributed by atoms with Gasteiger partial charge in [-0.15, -0.1) is 10.2 Å². The second kappa shape index (κ2) is 12.0. The number of nitro groups is 1. The molecular formula is C32H22N4O5S2. The third kappa shape index (κ3) is 5.68. The van der Waals surface area contributed by atoms with E-state index in [2.05, 4.69) is 34.5 Å². The van der Waals surface area contributed by atoms with Gasteiger partial charge in [0.2, 0.25) is 5.13 Å². The summed E-state index contributed by atoms with van der Waals surface area (Å²) in [5, 5.41) is 33.2. The maximum atomic E-state index is 13.5. The highest BCUT2D eigenvalue weighted by Crippen LogP contribution is 2.43. The number of benzene rings is 4. The number of nitrogens with zero attached hydrogens (tertiary/aromatic N) is 4. The van der Waals surface area contributed by atoms with E-state index in [0.29, 0.717) is 15.7 Å². The summed E-state index contributed by atoms with van der Waals surface area (Å²) in [4.78, 5) is 38.9. The van der Waals surface area contributed by atoms with Crippen LogP contribution in [0.2, 0.25) is 0 Å². The zero-order valence-corrected chi connectivity index (χ0v) is 24.0. The maximum Gasteiger partial charge on any atom is 0.296 e. The van der Waals surface area contributed by atoms with E-state index in [4.69, 9.17) is 0 Å². The summed E-state index contributed by atoms with van der Waals surface area (Å²) in [7, 11) is 0. The molecule has 0 fully saturated rings. The Morgan fingerprint density at radius 1 is 0.977 bits per heavy atom. The van der Waals surface area contributed by atoms with Crippen LogP contribution in [0.3, 0.4) is 0 Å². The molecule has 0 saturated heterocycles. The normalized spacial score (nSPS) is 15.1. The van der Waals surface area contributed by atoms with Gasteiger partial charge in [0, 0.05) is 17.9 Å². The van der Waals surface area contributed by atoms with E-state index in [1.165, 1.54) is 47.0 Å². The molecule has 0 bridgehead atoms. The number of carbonyl (C=O) groups excluding carboxylic acids is 2. The Kier molecular flexibility index (Phi) is 7.82. The first-order valence-electron chi connectivity index (χ1n) is 13.1. The van der Waals surface area contributed by atoms with E-state index in [-0.39, 0.29) is 16.4 Å². The summed E-state index contributed by atoms with van der Waals surface area (Å²) in [6.07, 6.45) is 2.89. The van der Waals surface area contributed by atoms with Crippen LogP contribution >= 0.6 is 23.1 Å². The van der Waals surface area contributed by atoms with Gasteiger partial charge in [-0.05, 0) is 45.7 Å². The zero-order valence-electron chi connectivity index (χ0n) is 22.4. The molecule has 1 amide bonds. The molecule has 2 heterocycles. The Morgan fingerprint density at radius 3 is 2.47 bits per heavy atom. The number of amides is 1. The average Bonchev–Trinajstić information content (AvgIpc) is 3.61. The van der Waals surface area contributed by atoms with Crippen LogP contribution in [0.15, 0.2) is 119 Å². The van der Waals surface area contributed by atoms with Crippen molar-refractivity contribution < 1.29 is 19.6 Å². The van der Waals surface area contributed by atoms with Crippen LogP contribution in [0.25, 0.3) is 16.8 Å². The van der Waals surface area contributed by atoms with E-state index in [1.807, 2.05) is 48.5 Å². The van der Waals surface area contributed by atoms with Crippen molar-refractivity contribution in [2.75, 3.05) is 4.90 Å². The third-order valence-electron chi connectivity index (χ3n) is 6.95. The molecule has 9 nitrogen and oxygen atoms in total. The molecule has 0 aliphatic carbocycles. The number of ketones is 1. The third-order valence-corrected chi connectivity index (χ3v) is 9.06. The molecule has 5 aromatic rings. The number of rotatable bonds is 9. The van der Waals surface area contributed by atoms with Crippen LogP contribution in [0.5, 0.6) is 0 Å². The van der Waals surface area contributed by atoms with E-state index in [9.17, 15) is 24.8 Å². The average molecular weight is 607 g/mol. The van der Waals surface area contributed by atoms with Gasteiger partial charge in [0.1, 0.15) is 0 Å². The fourth-order valence-corrected chi connectivity index (χ4v) is 6.76. The molecule has 0 spiro atoms. The number of fused-ring (bicyclic) bond motifs is 1. The zero-order chi connectivity index (χ0) is 29.9. The standard InChI is InChI=1S/C32H22N4O5S2/c37-26(18-13-20-7-2-1-3-8-20)27-28(22-14-16-24(17-15-22)36(40)41)35(30(39)29(27)38)31-33-34-32(43-31)42-19-23-11-6-10-21-9-4-5-12-25(21)23/h1-18,28,38H,19H2/b18-13+. The minimum Gasteiger partial charge on any atom is -0.503 e. The SMILES string of the molecule is O=C(/C=C/c1ccccc1)C1=C(O)C(=O)N(c2nnc(SCc3cccc4ccccc34)s2)C1c1ccc([N+](=O)[O-])cc1. The van der Waals surface area contributed by atoms with Crippen molar-refractivity contribution in [3.8, 4) is 0 Å². The van der Waals surface area contributed by atoms with Crippen LogP contribution in [0.4, 0.5) is 10.8 Å². The molecule has 1 aliphatic heterocycles. The van der Waals surface area contributed by atoms with E-state index >= 15 is 0 Å². The number of aliphatic hydroxyl groups is 1. The van der Waals surface area contributed by atoms with Crippen LogP contribution in [-0.2, 0) is 15.3 Å². The number of hydrogen-bond donors (Lipinski definition) is 1. The quantitative estimate of drug-likeness (QED) is 0.0620. The molecule has 0 radical (unpaired) electrons. The van der Waals surface area contributed by atoms with Crippen molar-refractivity contribution in [3.05, 3.63) is 141 Å². The highest BCUT2D eigenvalue weighted by molar-refractivity contribution is 8.00. The Balaban J connectivity index is 1.32. The fraction of sp³-hybridized carbons (Fsp3) is 0.0625. The summed E-state index contributed by atoms with van der Waals surface area (Å²) >= 11 is 2.62. The van der Waals surface area contributed by atoms with E-state index < -0.39 is 28.4 Å². The molecule has 1 N–H and O–H groups in total. The van der Waals surface area contributed by atoms with Crippen molar-refractivity contribution in [1.82, 2.24) is 10.2 Å². The van der Waals surface area contributed by atoms with Gasteiger partial charge in [0.15, 0.2) is 15.9 Å². The van der Waals surface area contributed by atoms with Crippen LogP contribution in [0, 0.1) is 10.1 Å². The molecule has 1 aliphatic rings. The van der Waals surface area contributed by atoms with Gasteiger partial charge in [-0.1, -0.05) is 102 Å². The summed E-state index contributed by atoms with van der Waals surface area (Å²) < 4.78 is 0.599. The Hall–Kier alpha value is -5.13. The maximum absolute atomic E-state index is 13.5. The number of anilines is 1. The first-order chi connectivity index (χ1) is 20.9. The smallest absolute Gasteiger partial charge is 0.296 e. The van der Waals surface area contributed by atoms with Gasteiger partial charge in [-0.3, -0.25) is 24.6 Å². The number of aliphatic hydroxyl groups excluding tert-OH is 1. The van der Waals surface area contributed by atoms with Gasteiger partial charge < -0.3 is 5.11 Å². The highest BCUT2D eigenvalue weighted by Gasteiger charge is 2.45. The van der Waals surface area contributed by atoms with Gasteiger partial charge >= 0.3 is 0 Å². The molecule has 1 unspecified atom stereocenters. The van der Waals surface area contributed by atoms with Crippen molar-refractivity contribution in [2.24, 2.45) is 0 Å². The first-order valence-corrected chi connectivity index (χ1v) is 14.9. The van der Waals surface area contributed by atoms with Crippen molar-refractivity contribution in [3.63, 3.8) is 0 Å². The number of carbonyl (C=O) groups is 2. The molecule has 4 aromatic carbocycles. The minimum absolute atomic E-state index is 0.146. The fourth-order valence-electron chi connectivity index (χ4n) is 4.89. The van der Waals surface area contributed by atoms with Gasteiger partial charge in [-0.25, -0.2) is 0 Å². The predicted octanol–water partition coefficient (Wildman–Crippen LogP) is 7.07. The second-order valence-corrected chi connectivity index (χ2v) is 11.8. The first kappa shape index (κ1) is 28.0. The molecule has 11 heteroatoms. The molecule has 1 aromatic heterocycles. The van der Waals surface area contributed by atoms with Crippen molar-refractivity contribution >= 4 is 62.5 Å². The Bertz CT molecular complexity index is 1910. The van der Waals surface area contributed by atoms with Crippen molar-refractivity contribution in [2.45, 2.75) is 16.1 Å². The lowest BCUT2D eigenvalue weighted by atomic mass is 9.95. The molecule has 43 heavy (non-hydrogen) atoms. The van der Waals surface area contributed by atoms with Crippen LogP contribution in [-0.4, -0.2) is 31.9 Å². The van der Waals surface area contributed by atoms with Gasteiger partial charge in [-0.2, -0.15) is 0 Å². The van der Waals surface area contributed by atoms with E-state index in [0.717, 1.165) is 33.2 Å². The number of nitro benzene ring substituents is 1. The lowest BCUT2D eigenvalue weighted by Gasteiger charge is -2.23. The Morgan fingerprint density at radius 2 is 1.70 bits per heavy atom. The minimum atomic E-state index is -1.06. The molecule has 6 rings (SSSR count). The predicted molar refractivity (Wildman–Crippen MR) is 167 cm³/mol. The number of hydrogen-bond acceptors (Lipinski definition) is 9. The largest absolute Gasteiger partial charge is 0.503 e. The number of aromatic nitrogens is 2. The van der Waals surface area contributed by atoms with Crippen LogP contribution < -0.4 is 4.90 Å². The monoisotopic (exact) mass is 606 g/mol. The molecule has 0 saturated carbocycles. The number of thioether (sulfide) groups is 1. The van der Waals surface area contributed by atoms with Crippen LogP contribution in [0.1, 0.15) is 22.7 Å². The summed E-state index contributed by atoms with van der Waals surface area (Å²) in [5.41, 5.74) is 2.00. The topological polar surface area (TPSA) is 127 Å². The molecular weight excluding hydrogens is 585 g/mol. The van der Waals surface area contributed by atoms with Crippen molar-refractivity contribution in [1.29, 1.82) is 0 Å². The Labute approximate surface area is 254 Å². The van der Waals surface area contributed by atoms with E-state index in [1.54, 1.807) is 6.08 Å². The lowest BCUT2D eigenvalue weighted by Crippen LogP contribution is -2.30. The number of non-ortho nitro benzene ring substituents is 1. The summed E-state index contributed by atoms with van der Waals surface area (Å²) in [5.74, 6) is -1.46. The molecule has 1 atom stereocenters. The highest BCUT2D eigenvalue weighted by atomic mass is 32.2. The summed E-state index contributed by atoms with van der Waals surface area (Å²) in [6, 6.07) is 27.8. The molecule has 212 valence electrons. The van der Waals surface area contributed by atoms with Gasteiger partial charge in [0.05, 0.1) is 16.5 Å². The number of allylic oxidation sites excluding steroid dienone is 1.